The van der Waals surface area contributed by atoms with Crippen molar-refractivity contribution in [1.82, 2.24) is 15.5 Å². The van der Waals surface area contributed by atoms with Gasteiger partial charge in [-0.2, -0.15) is 0 Å². The quantitative estimate of drug-likeness (QED) is 0.245. The largest absolute Gasteiger partial charge is 0.444 e. The highest BCUT2D eigenvalue weighted by Gasteiger charge is 2.72. The summed E-state index contributed by atoms with van der Waals surface area (Å²) >= 11 is 0. The molecule has 2 heterocycles. The number of carbonyl (C=O) groups excluding carboxylic acids is 3. The second-order valence-corrected chi connectivity index (χ2v) is 12.9. The van der Waals surface area contributed by atoms with Crippen molar-refractivity contribution in [1.29, 1.82) is 0 Å². The molecule has 3 rings (SSSR count). The lowest BCUT2D eigenvalue weighted by Gasteiger charge is -2.42. The number of methoxy groups -OCH3 is 1. The fourth-order valence-electron chi connectivity index (χ4n) is 5.88. The smallest absolute Gasteiger partial charge is 0.414 e. The molecule has 11 heteroatoms. The summed E-state index contributed by atoms with van der Waals surface area (Å²) in [4.78, 5) is 39.5. The predicted molar refractivity (Wildman–Crippen MR) is 154 cm³/mol. The van der Waals surface area contributed by atoms with E-state index in [0.29, 0.717) is 32.7 Å². The average molecular weight is 582 g/mol. The lowest BCUT2D eigenvalue weighted by molar-refractivity contribution is -0.126. The van der Waals surface area contributed by atoms with E-state index in [1.807, 2.05) is 4.90 Å². The van der Waals surface area contributed by atoms with Crippen LogP contribution in [0.5, 0.6) is 0 Å². The van der Waals surface area contributed by atoms with Crippen LogP contribution in [0.3, 0.4) is 0 Å². The molecule has 0 bridgehead atoms. The fraction of sp³-hybridized carbons (Fsp3) is 0.833. The third kappa shape index (κ3) is 9.39. The van der Waals surface area contributed by atoms with Gasteiger partial charge < -0.3 is 29.0 Å². The number of unbranched alkanes of at least 4 members (excludes halogenated alkanes) is 1. The summed E-state index contributed by atoms with van der Waals surface area (Å²) in [6.45, 7) is 15.7. The van der Waals surface area contributed by atoms with Gasteiger partial charge in [-0.15, -0.1) is 0 Å². The molecule has 6 atom stereocenters. The van der Waals surface area contributed by atoms with E-state index in [-0.39, 0.29) is 24.2 Å². The highest BCUT2D eigenvalue weighted by Crippen LogP contribution is 2.59. The van der Waals surface area contributed by atoms with Gasteiger partial charge in [-0.3, -0.25) is 15.0 Å². The fourth-order valence-corrected chi connectivity index (χ4v) is 5.88. The minimum absolute atomic E-state index is 0.000994. The molecule has 1 spiro atoms. The summed E-state index contributed by atoms with van der Waals surface area (Å²) in [7, 11) is 1.62. The molecule has 3 fully saturated rings. The van der Waals surface area contributed by atoms with Crippen LogP contribution in [0.25, 0.3) is 0 Å². The third-order valence-corrected chi connectivity index (χ3v) is 8.03. The van der Waals surface area contributed by atoms with Crippen LogP contribution in [0, 0.1) is 5.92 Å². The van der Waals surface area contributed by atoms with E-state index in [1.54, 1.807) is 27.9 Å². The maximum Gasteiger partial charge on any atom is 0.414 e. The standard InChI is InChI=1S/C30H51N3O8/c1-9-10-16-33(17-15-31-26(35)41-28(4,5)6)18-23(34)32-27(36)39-21-13-14-30(19-38-30)25(24(21)37-8)29(7)22(40-29)12-11-20(2)3/h11,21-22,24-25H,9-10,12-19H2,1-8H3,(H,31,35)(H,32,34,36)/t21?,22-,24?,25?,29+,30+/m1/s1. The van der Waals surface area contributed by atoms with Crippen LogP contribution in [-0.4, -0.2) is 98.0 Å². The van der Waals surface area contributed by atoms with Crippen molar-refractivity contribution >= 4 is 18.1 Å². The molecule has 3 unspecified atom stereocenters. The van der Waals surface area contributed by atoms with Crippen molar-refractivity contribution in [3.8, 4) is 0 Å². The van der Waals surface area contributed by atoms with Crippen molar-refractivity contribution < 1.29 is 38.1 Å². The SMILES string of the molecule is CCCCN(CCNC(=O)OC(C)(C)C)CC(=O)NC(=O)OC1CC[C@]2(CO2)C([C@@]2(C)O[C@@H]2CC=C(C)C)C1OC. The number of rotatable bonds is 13. The lowest BCUT2D eigenvalue weighted by atomic mass is 9.68. The van der Waals surface area contributed by atoms with Crippen molar-refractivity contribution in [2.75, 3.05) is 39.9 Å². The minimum atomic E-state index is -0.793. The zero-order valence-electron chi connectivity index (χ0n) is 26.2. The number of alkyl carbamates (subject to hydrolysis) is 2. The molecule has 2 saturated heterocycles. The summed E-state index contributed by atoms with van der Waals surface area (Å²) in [5.74, 6) is -0.564. The number of epoxide rings is 2. The number of hydrogen-bond donors (Lipinski definition) is 2. The molecule has 2 aliphatic heterocycles. The van der Waals surface area contributed by atoms with Crippen LogP contribution in [-0.2, 0) is 28.5 Å². The van der Waals surface area contributed by atoms with Crippen LogP contribution in [0.4, 0.5) is 9.59 Å². The molecule has 11 nitrogen and oxygen atoms in total. The van der Waals surface area contributed by atoms with Gasteiger partial charge >= 0.3 is 12.2 Å². The molecule has 41 heavy (non-hydrogen) atoms. The van der Waals surface area contributed by atoms with Crippen molar-refractivity contribution in [2.45, 2.75) is 116 Å². The first-order valence-electron chi connectivity index (χ1n) is 14.9. The summed E-state index contributed by atoms with van der Waals surface area (Å²) in [6.07, 6.45) is 3.90. The monoisotopic (exact) mass is 581 g/mol. The van der Waals surface area contributed by atoms with Gasteiger partial charge in [0.15, 0.2) is 0 Å². The summed E-state index contributed by atoms with van der Waals surface area (Å²) in [5.41, 5.74) is -0.115. The highest BCUT2D eigenvalue weighted by molar-refractivity contribution is 5.92. The van der Waals surface area contributed by atoms with Crippen molar-refractivity contribution in [3.63, 3.8) is 0 Å². The Morgan fingerprint density at radius 2 is 1.85 bits per heavy atom. The number of ether oxygens (including phenoxy) is 5. The second-order valence-electron chi connectivity index (χ2n) is 12.9. The van der Waals surface area contributed by atoms with Crippen LogP contribution in [0.1, 0.15) is 80.6 Å². The lowest BCUT2D eigenvalue weighted by Crippen LogP contribution is -2.56. The van der Waals surface area contributed by atoms with Gasteiger partial charge in [-0.25, -0.2) is 9.59 Å². The number of imide groups is 1. The zero-order chi connectivity index (χ0) is 30.4. The Kier molecular flexibility index (Phi) is 11.2. The molecule has 3 amide bonds. The number of carbonyl (C=O) groups is 3. The first kappa shape index (κ1) is 33.3. The summed E-state index contributed by atoms with van der Waals surface area (Å²) in [6, 6.07) is 0. The molecule has 1 saturated carbocycles. The maximum atomic E-state index is 12.8. The molecular formula is C30H51N3O8. The molecule has 0 aromatic rings. The number of allylic oxidation sites excluding steroid dienone is 1. The van der Waals surface area contributed by atoms with Gasteiger partial charge in [0.2, 0.25) is 5.91 Å². The molecule has 234 valence electrons. The molecule has 1 aliphatic carbocycles. The van der Waals surface area contributed by atoms with Gasteiger partial charge in [0.05, 0.1) is 25.2 Å². The number of hydrogen-bond acceptors (Lipinski definition) is 9. The van der Waals surface area contributed by atoms with E-state index in [4.69, 9.17) is 23.7 Å². The zero-order valence-corrected chi connectivity index (χ0v) is 26.2. The Morgan fingerprint density at radius 1 is 1.15 bits per heavy atom. The molecule has 0 aromatic carbocycles. The summed E-state index contributed by atoms with van der Waals surface area (Å²) in [5, 5.41) is 5.09. The Morgan fingerprint density at radius 3 is 2.44 bits per heavy atom. The topological polar surface area (TPSA) is 131 Å². The van der Waals surface area contributed by atoms with E-state index in [9.17, 15) is 14.4 Å². The van der Waals surface area contributed by atoms with Crippen molar-refractivity contribution in [3.05, 3.63) is 11.6 Å². The molecular weight excluding hydrogens is 530 g/mol. The van der Waals surface area contributed by atoms with Crippen LogP contribution in [0.2, 0.25) is 0 Å². The molecule has 3 aliphatic rings. The predicted octanol–water partition coefficient (Wildman–Crippen LogP) is 3.94. The Labute approximate surface area is 245 Å². The van der Waals surface area contributed by atoms with Crippen LogP contribution < -0.4 is 10.6 Å². The van der Waals surface area contributed by atoms with E-state index in [0.717, 1.165) is 25.7 Å². The van der Waals surface area contributed by atoms with E-state index < -0.39 is 41.5 Å². The minimum Gasteiger partial charge on any atom is -0.444 e. The van der Waals surface area contributed by atoms with Gasteiger partial charge in [0.1, 0.15) is 29.0 Å². The van der Waals surface area contributed by atoms with Crippen LogP contribution >= 0.6 is 0 Å². The molecule has 2 N–H and O–H groups in total. The van der Waals surface area contributed by atoms with E-state index >= 15 is 0 Å². The van der Waals surface area contributed by atoms with Gasteiger partial charge in [0.25, 0.3) is 0 Å². The Balaban J connectivity index is 1.53. The van der Waals surface area contributed by atoms with E-state index in [2.05, 4.69) is 44.4 Å². The summed E-state index contributed by atoms with van der Waals surface area (Å²) < 4.78 is 29.1. The van der Waals surface area contributed by atoms with Crippen molar-refractivity contribution in [2.24, 2.45) is 5.92 Å². The second kappa shape index (κ2) is 13.8. The van der Waals surface area contributed by atoms with Gasteiger partial charge in [-0.05, 0) is 73.8 Å². The van der Waals surface area contributed by atoms with Gasteiger partial charge in [-0.1, -0.05) is 25.0 Å². The Hall–Kier alpha value is -2.21. The number of nitrogens with one attached hydrogen (secondary N) is 2. The third-order valence-electron chi connectivity index (χ3n) is 8.03. The van der Waals surface area contributed by atoms with E-state index in [1.165, 1.54) is 5.57 Å². The molecule has 0 aromatic heterocycles. The first-order valence-corrected chi connectivity index (χ1v) is 14.9. The van der Waals surface area contributed by atoms with Crippen LogP contribution in [0.15, 0.2) is 11.6 Å². The first-order chi connectivity index (χ1) is 19.2. The normalized spacial score (nSPS) is 30.5. The number of nitrogens with zero attached hydrogens (tertiary/aromatic N) is 1. The van der Waals surface area contributed by atoms with Gasteiger partial charge in [0, 0.05) is 20.2 Å². The number of amides is 3. The Bertz CT molecular complexity index is 956. The maximum absolute atomic E-state index is 12.8. The molecule has 0 radical (unpaired) electrons. The average Bonchev–Trinajstić information content (AvgIpc) is 3.77. The highest BCUT2D eigenvalue weighted by atomic mass is 16.6.